The first-order valence-electron chi connectivity index (χ1n) is 7.93. The number of benzene rings is 2. The second kappa shape index (κ2) is 7.15. The standard InChI is InChI=1S/C20H20N2O2/c21-17(14-16-6-4-5-9-19(16)23)12-15-10-11-22(20(24)13-15)18-7-2-1-3-8-18/h1-11,13,17,23H,12,14,21H2. The molecule has 24 heavy (non-hydrogen) atoms. The highest BCUT2D eigenvalue weighted by Gasteiger charge is 2.09. The van der Waals surface area contributed by atoms with Crippen molar-refractivity contribution in [2.24, 2.45) is 5.73 Å². The molecule has 0 saturated heterocycles. The minimum absolute atomic E-state index is 0.0755. The van der Waals surface area contributed by atoms with Gasteiger partial charge in [-0.25, -0.2) is 0 Å². The van der Waals surface area contributed by atoms with Crippen molar-refractivity contribution in [1.82, 2.24) is 4.57 Å². The van der Waals surface area contributed by atoms with Crippen LogP contribution in [0.3, 0.4) is 0 Å². The highest BCUT2D eigenvalue weighted by atomic mass is 16.3. The Bertz CT molecular complexity index is 872. The van der Waals surface area contributed by atoms with E-state index in [1.54, 1.807) is 29.0 Å². The summed E-state index contributed by atoms with van der Waals surface area (Å²) in [7, 11) is 0. The van der Waals surface area contributed by atoms with Crippen LogP contribution in [0, 0.1) is 0 Å². The number of aromatic hydroxyl groups is 1. The number of phenols is 1. The van der Waals surface area contributed by atoms with Crippen molar-refractivity contribution < 1.29 is 5.11 Å². The molecule has 0 aliphatic heterocycles. The van der Waals surface area contributed by atoms with Crippen LogP contribution in [0.5, 0.6) is 5.75 Å². The highest BCUT2D eigenvalue weighted by Crippen LogP contribution is 2.18. The third-order valence-corrected chi connectivity index (χ3v) is 3.99. The number of rotatable bonds is 5. The summed E-state index contributed by atoms with van der Waals surface area (Å²) in [5.74, 6) is 0.257. The molecule has 4 nitrogen and oxygen atoms in total. The summed E-state index contributed by atoms with van der Waals surface area (Å²) in [5.41, 5.74) is 8.67. The van der Waals surface area contributed by atoms with Crippen LogP contribution in [0.1, 0.15) is 11.1 Å². The van der Waals surface area contributed by atoms with Gasteiger partial charge in [-0.05, 0) is 48.2 Å². The lowest BCUT2D eigenvalue weighted by atomic mass is 10.00. The van der Waals surface area contributed by atoms with E-state index in [9.17, 15) is 9.90 Å². The summed E-state index contributed by atoms with van der Waals surface area (Å²) < 4.78 is 1.61. The molecule has 1 unspecified atom stereocenters. The fourth-order valence-corrected chi connectivity index (χ4v) is 2.79. The van der Waals surface area contributed by atoms with Gasteiger partial charge in [0.1, 0.15) is 5.75 Å². The first-order chi connectivity index (χ1) is 11.6. The maximum atomic E-state index is 12.3. The maximum absolute atomic E-state index is 12.3. The van der Waals surface area contributed by atoms with Gasteiger partial charge in [-0.1, -0.05) is 36.4 Å². The number of pyridine rings is 1. The van der Waals surface area contributed by atoms with Gasteiger partial charge in [0, 0.05) is 24.0 Å². The van der Waals surface area contributed by atoms with E-state index in [1.165, 1.54) is 0 Å². The summed E-state index contributed by atoms with van der Waals surface area (Å²) in [4.78, 5) is 12.3. The Morgan fingerprint density at radius 2 is 1.67 bits per heavy atom. The second-order valence-electron chi connectivity index (χ2n) is 5.88. The molecule has 0 radical (unpaired) electrons. The smallest absolute Gasteiger partial charge is 0.255 e. The van der Waals surface area contributed by atoms with E-state index in [1.807, 2.05) is 48.5 Å². The lowest BCUT2D eigenvalue weighted by molar-refractivity contribution is 0.464. The first kappa shape index (κ1) is 16.0. The number of nitrogens with zero attached hydrogens (tertiary/aromatic N) is 1. The third kappa shape index (κ3) is 3.73. The fraction of sp³-hybridized carbons (Fsp3) is 0.150. The number of phenolic OH excluding ortho intramolecular Hbond substituents is 1. The molecule has 3 aromatic rings. The van der Waals surface area contributed by atoms with Crippen LogP contribution in [0.2, 0.25) is 0 Å². The van der Waals surface area contributed by atoms with Gasteiger partial charge in [0.15, 0.2) is 0 Å². The monoisotopic (exact) mass is 320 g/mol. The molecule has 4 heteroatoms. The van der Waals surface area contributed by atoms with E-state index in [2.05, 4.69) is 0 Å². The average Bonchev–Trinajstić information content (AvgIpc) is 2.58. The van der Waals surface area contributed by atoms with E-state index in [-0.39, 0.29) is 17.4 Å². The van der Waals surface area contributed by atoms with Gasteiger partial charge in [-0.2, -0.15) is 0 Å². The Morgan fingerprint density at radius 3 is 2.38 bits per heavy atom. The van der Waals surface area contributed by atoms with E-state index in [0.717, 1.165) is 16.8 Å². The van der Waals surface area contributed by atoms with Crippen molar-refractivity contribution >= 4 is 0 Å². The van der Waals surface area contributed by atoms with Gasteiger partial charge in [-0.3, -0.25) is 9.36 Å². The number of hydrogen-bond acceptors (Lipinski definition) is 3. The summed E-state index contributed by atoms with van der Waals surface area (Å²) in [6.07, 6.45) is 2.92. The summed E-state index contributed by atoms with van der Waals surface area (Å²) in [5, 5.41) is 9.82. The molecule has 1 atom stereocenters. The zero-order valence-electron chi connectivity index (χ0n) is 13.3. The van der Waals surface area contributed by atoms with Crippen molar-refractivity contribution in [3.63, 3.8) is 0 Å². The fourth-order valence-electron chi connectivity index (χ4n) is 2.79. The molecule has 0 aliphatic rings. The highest BCUT2D eigenvalue weighted by molar-refractivity contribution is 5.34. The van der Waals surface area contributed by atoms with Crippen molar-refractivity contribution in [3.8, 4) is 11.4 Å². The molecule has 1 heterocycles. The minimum Gasteiger partial charge on any atom is -0.508 e. The van der Waals surface area contributed by atoms with Crippen LogP contribution >= 0.6 is 0 Å². The Kier molecular flexibility index (Phi) is 4.77. The average molecular weight is 320 g/mol. The van der Waals surface area contributed by atoms with Gasteiger partial charge in [0.05, 0.1) is 0 Å². The Morgan fingerprint density at radius 1 is 0.958 bits per heavy atom. The zero-order chi connectivity index (χ0) is 16.9. The molecule has 3 N–H and O–H groups in total. The molecule has 0 bridgehead atoms. The largest absolute Gasteiger partial charge is 0.508 e. The van der Waals surface area contributed by atoms with E-state index in [0.29, 0.717) is 12.8 Å². The van der Waals surface area contributed by atoms with Crippen LogP contribution in [-0.4, -0.2) is 15.7 Å². The van der Waals surface area contributed by atoms with E-state index >= 15 is 0 Å². The molecule has 1 aromatic heterocycles. The number of nitrogens with two attached hydrogens (primary N) is 1. The molecule has 2 aromatic carbocycles. The normalized spacial score (nSPS) is 12.0. The Hall–Kier alpha value is -2.85. The summed E-state index contributed by atoms with van der Waals surface area (Å²) in [6.45, 7) is 0. The van der Waals surface area contributed by atoms with E-state index < -0.39 is 0 Å². The maximum Gasteiger partial charge on any atom is 0.255 e. The molecular formula is C20H20N2O2. The van der Waals surface area contributed by atoms with Gasteiger partial charge >= 0.3 is 0 Å². The Balaban J connectivity index is 1.73. The zero-order valence-corrected chi connectivity index (χ0v) is 13.3. The van der Waals surface area contributed by atoms with Crippen LogP contribution in [0.15, 0.2) is 77.7 Å². The van der Waals surface area contributed by atoms with Gasteiger partial charge < -0.3 is 10.8 Å². The van der Waals surface area contributed by atoms with Crippen LogP contribution in [-0.2, 0) is 12.8 Å². The second-order valence-corrected chi connectivity index (χ2v) is 5.88. The number of hydrogen-bond donors (Lipinski definition) is 2. The van der Waals surface area contributed by atoms with Crippen LogP contribution in [0.4, 0.5) is 0 Å². The van der Waals surface area contributed by atoms with Crippen LogP contribution in [0.25, 0.3) is 5.69 Å². The SMILES string of the molecule is NC(Cc1ccn(-c2ccccc2)c(=O)c1)Cc1ccccc1O. The predicted octanol–water partition coefficient (Wildman–Crippen LogP) is 2.66. The number of aromatic nitrogens is 1. The topological polar surface area (TPSA) is 68.2 Å². The third-order valence-electron chi connectivity index (χ3n) is 3.99. The van der Waals surface area contributed by atoms with Crippen molar-refractivity contribution in [3.05, 3.63) is 94.4 Å². The Labute approximate surface area is 140 Å². The molecule has 0 fully saturated rings. The molecule has 3 rings (SSSR count). The molecule has 0 spiro atoms. The van der Waals surface area contributed by atoms with Crippen molar-refractivity contribution in [1.29, 1.82) is 0 Å². The summed E-state index contributed by atoms with van der Waals surface area (Å²) >= 11 is 0. The molecule has 0 aliphatic carbocycles. The van der Waals surface area contributed by atoms with Gasteiger partial charge in [0.2, 0.25) is 0 Å². The quantitative estimate of drug-likeness (QED) is 0.759. The lowest BCUT2D eigenvalue weighted by Gasteiger charge is -2.13. The van der Waals surface area contributed by atoms with Crippen molar-refractivity contribution in [2.75, 3.05) is 0 Å². The minimum atomic E-state index is -0.162. The number of para-hydroxylation sites is 2. The van der Waals surface area contributed by atoms with Gasteiger partial charge in [-0.15, -0.1) is 0 Å². The molecule has 0 amide bonds. The van der Waals surface area contributed by atoms with Gasteiger partial charge in [0.25, 0.3) is 5.56 Å². The lowest BCUT2D eigenvalue weighted by Crippen LogP contribution is -2.27. The summed E-state index contributed by atoms with van der Waals surface area (Å²) in [6, 6.07) is 20.1. The predicted molar refractivity (Wildman–Crippen MR) is 95.5 cm³/mol. The molecule has 0 saturated carbocycles. The van der Waals surface area contributed by atoms with Crippen LogP contribution < -0.4 is 11.3 Å². The molecule has 122 valence electrons. The van der Waals surface area contributed by atoms with Crippen molar-refractivity contribution in [2.45, 2.75) is 18.9 Å². The first-order valence-corrected chi connectivity index (χ1v) is 7.93. The van der Waals surface area contributed by atoms with E-state index in [4.69, 9.17) is 5.73 Å². The molecular weight excluding hydrogens is 300 g/mol.